The van der Waals surface area contributed by atoms with Gasteiger partial charge in [0.2, 0.25) is 12.7 Å². The third-order valence-electron chi connectivity index (χ3n) is 4.52. The molecule has 0 saturated carbocycles. The van der Waals surface area contributed by atoms with Crippen LogP contribution in [-0.2, 0) is 11.2 Å². The Morgan fingerprint density at radius 3 is 2.54 bits per heavy atom. The topological polar surface area (TPSA) is 66.0 Å². The van der Waals surface area contributed by atoms with Crippen molar-refractivity contribution in [3.63, 3.8) is 0 Å². The Labute approximate surface area is 152 Å². The minimum atomic E-state index is -0.102. The van der Waals surface area contributed by atoms with Crippen molar-refractivity contribution in [3.05, 3.63) is 47.5 Å². The number of hydrogen-bond acceptors (Lipinski definition) is 5. The van der Waals surface area contributed by atoms with Crippen LogP contribution in [0.3, 0.4) is 0 Å². The van der Waals surface area contributed by atoms with Crippen molar-refractivity contribution in [1.82, 2.24) is 5.32 Å². The van der Waals surface area contributed by atoms with E-state index in [4.69, 9.17) is 18.9 Å². The predicted octanol–water partition coefficient (Wildman–Crippen LogP) is 3.00. The monoisotopic (exact) mass is 355 g/mol. The fraction of sp³-hybridized carbons (Fsp3) is 0.350. The molecule has 4 rings (SSSR count). The number of nitrogens with one attached hydrogen (secondary N) is 1. The van der Waals surface area contributed by atoms with E-state index in [1.165, 1.54) is 0 Å². The Kier molecular flexibility index (Phi) is 4.56. The Balaban J connectivity index is 1.33. The van der Waals surface area contributed by atoms with E-state index in [0.29, 0.717) is 26.1 Å². The van der Waals surface area contributed by atoms with E-state index in [1.54, 1.807) is 0 Å². The molecule has 6 nitrogen and oxygen atoms in total. The summed E-state index contributed by atoms with van der Waals surface area (Å²) >= 11 is 0. The summed E-state index contributed by atoms with van der Waals surface area (Å²) < 4.78 is 21.8. The molecule has 2 aliphatic rings. The molecule has 2 aliphatic heterocycles. The van der Waals surface area contributed by atoms with Gasteiger partial charge in [-0.15, -0.1) is 0 Å². The summed E-state index contributed by atoms with van der Waals surface area (Å²) in [6.45, 7) is 3.33. The minimum Gasteiger partial charge on any atom is -0.486 e. The van der Waals surface area contributed by atoms with Crippen LogP contribution >= 0.6 is 0 Å². The highest BCUT2D eigenvalue weighted by Gasteiger charge is 2.17. The van der Waals surface area contributed by atoms with Gasteiger partial charge >= 0.3 is 0 Å². The van der Waals surface area contributed by atoms with Gasteiger partial charge in [-0.1, -0.05) is 12.1 Å². The number of ether oxygens (including phenoxy) is 4. The van der Waals surface area contributed by atoms with Gasteiger partial charge in [0.15, 0.2) is 23.0 Å². The normalized spacial score (nSPS) is 15.4. The zero-order valence-electron chi connectivity index (χ0n) is 14.6. The maximum atomic E-state index is 12.3. The Bertz CT molecular complexity index is 820. The predicted molar refractivity (Wildman–Crippen MR) is 94.9 cm³/mol. The van der Waals surface area contributed by atoms with Gasteiger partial charge in [0.05, 0.1) is 6.04 Å². The van der Waals surface area contributed by atoms with Crippen molar-refractivity contribution in [1.29, 1.82) is 0 Å². The van der Waals surface area contributed by atoms with Gasteiger partial charge in [0.1, 0.15) is 13.2 Å². The number of carbonyl (C=O) groups excluding carboxylic acids is 1. The van der Waals surface area contributed by atoms with Gasteiger partial charge in [0.25, 0.3) is 0 Å². The van der Waals surface area contributed by atoms with Crippen LogP contribution in [0.5, 0.6) is 23.0 Å². The molecule has 1 atom stereocenters. The number of aryl methyl sites for hydroxylation is 1. The molecule has 2 aromatic rings. The molecule has 1 amide bonds. The lowest BCUT2D eigenvalue weighted by atomic mass is 10.1. The number of fused-ring (bicyclic) bond motifs is 2. The molecular weight excluding hydrogens is 334 g/mol. The summed E-state index contributed by atoms with van der Waals surface area (Å²) in [5.41, 5.74) is 2.04. The van der Waals surface area contributed by atoms with Gasteiger partial charge in [0, 0.05) is 6.42 Å². The Hall–Kier alpha value is -2.89. The van der Waals surface area contributed by atoms with Crippen molar-refractivity contribution < 1.29 is 23.7 Å². The second-order valence-electron chi connectivity index (χ2n) is 6.38. The van der Waals surface area contributed by atoms with Crippen molar-refractivity contribution in [3.8, 4) is 23.0 Å². The van der Waals surface area contributed by atoms with Gasteiger partial charge in [-0.2, -0.15) is 0 Å². The SMILES string of the molecule is C[C@@H](NC(=O)CCc1ccc2c(c1)OCO2)c1ccc2c(c1)OCCO2. The van der Waals surface area contributed by atoms with E-state index in [1.807, 2.05) is 43.3 Å². The Morgan fingerprint density at radius 1 is 0.962 bits per heavy atom. The van der Waals surface area contributed by atoms with Crippen LogP contribution in [-0.4, -0.2) is 25.9 Å². The molecule has 0 aliphatic carbocycles. The van der Waals surface area contributed by atoms with Crippen LogP contribution in [0.15, 0.2) is 36.4 Å². The van der Waals surface area contributed by atoms with Crippen LogP contribution in [0.4, 0.5) is 0 Å². The molecule has 0 unspecified atom stereocenters. The second-order valence-corrected chi connectivity index (χ2v) is 6.38. The van der Waals surface area contributed by atoms with Crippen molar-refractivity contribution >= 4 is 5.91 Å². The van der Waals surface area contributed by atoms with Crippen molar-refractivity contribution in [2.45, 2.75) is 25.8 Å². The number of amides is 1. The van der Waals surface area contributed by atoms with E-state index < -0.39 is 0 Å². The van der Waals surface area contributed by atoms with Gasteiger partial charge < -0.3 is 24.3 Å². The highest BCUT2D eigenvalue weighted by Crippen LogP contribution is 2.33. The standard InChI is InChI=1S/C20H21NO5/c1-13(15-4-6-16-19(11-15)24-9-8-23-16)21-20(22)7-3-14-2-5-17-18(10-14)26-12-25-17/h2,4-6,10-11,13H,3,7-9,12H2,1H3,(H,21,22)/t13-/m1/s1. The zero-order valence-corrected chi connectivity index (χ0v) is 14.6. The second kappa shape index (κ2) is 7.15. The fourth-order valence-electron chi connectivity index (χ4n) is 3.08. The number of carbonyl (C=O) groups is 1. The lowest BCUT2D eigenvalue weighted by molar-refractivity contribution is -0.121. The molecule has 0 radical (unpaired) electrons. The average molecular weight is 355 g/mol. The fourth-order valence-corrected chi connectivity index (χ4v) is 3.08. The molecule has 6 heteroatoms. The van der Waals surface area contributed by atoms with E-state index >= 15 is 0 Å². The quantitative estimate of drug-likeness (QED) is 0.893. The maximum Gasteiger partial charge on any atom is 0.231 e. The van der Waals surface area contributed by atoms with Gasteiger partial charge in [-0.05, 0) is 48.7 Å². The molecule has 2 aromatic carbocycles. The summed E-state index contributed by atoms with van der Waals surface area (Å²) in [5.74, 6) is 2.99. The van der Waals surface area contributed by atoms with Gasteiger partial charge in [-0.3, -0.25) is 4.79 Å². The Morgan fingerprint density at radius 2 is 1.65 bits per heavy atom. The molecule has 0 bridgehead atoms. The first-order chi connectivity index (χ1) is 12.7. The van der Waals surface area contributed by atoms with Crippen LogP contribution in [0.25, 0.3) is 0 Å². The number of rotatable bonds is 5. The first kappa shape index (κ1) is 16.6. The first-order valence-electron chi connectivity index (χ1n) is 8.76. The first-order valence-corrected chi connectivity index (χ1v) is 8.76. The van der Waals surface area contributed by atoms with E-state index in [0.717, 1.165) is 34.1 Å². The van der Waals surface area contributed by atoms with E-state index in [-0.39, 0.29) is 18.7 Å². The highest BCUT2D eigenvalue weighted by molar-refractivity contribution is 5.76. The smallest absolute Gasteiger partial charge is 0.231 e. The highest BCUT2D eigenvalue weighted by atomic mass is 16.7. The lowest BCUT2D eigenvalue weighted by Gasteiger charge is -2.21. The molecule has 0 spiro atoms. The minimum absolute atomic E-state index is 0.00468. The number of hydrogen-bond donors (Lipinski definition) is 1. The number of benzene rings is 2. The van der Waals surface area contributed by atoms with Crippen molar-refractivity contribution in [2.75, 3.05) is 20.0 Å². The molecule has 2 heterocycles. The van der Waals surface area contributed by atoms with E-state index in [2.05, 4.69) is 5.32 Å². The van der Waals surface area contributed by atoms with Crippen LogP contribution in [0.2, 0.25) is 0 Å². The molecular formula is C20H21NO5. The summed E-state index contributed by atoms with van der Waals surface area (Å²) in [4.78, 5) is 12.3. The molecule has 0 aromatic heterocycles. The molecule has 0 fully saturated rings. The zero-order chi connectivity index (χ0) is 17.9. The lowest BCUT2D eigenvalue weighted by Crippen LogP contribution is -2.27. The van der Waals surface area contributed by atoms with Crippen LogP contribution < -0.4 is 24.3 Å². The molecule has 136 valence electrons. The summed E-state index contributed by atoms with van der Waals surface area (Å²) in [6.07, 6.45) is 1.06. The van der Waals surface area contributed by atoms with E-state index in [9.17, 15) is 4.79 Å². The average Bonchev–Trinajstić information content (AvgIpc) is 3.13. The van der Waals surface area contributed by atoms with Crippen LogP contribution in [0, 0.1) is 0 Å². The molecule has 0 saturated heterocycles. The largest absolute Gasteiger partial charge is 0.486 e. The van der Waals surface area contributed by atoms with Crippen LogP contribution in [0.1, 0.15) is 30.5 Å². The third-order valence-corrected chi connectivity index (χ3v) is 4.52. The van der Waals surface area contributed by atoms with Crippen molar-refractivity contribution in [2.24, 2.45) is 0 Å². The summed E-state index contributed by atoms with van der Waals surface area (Å²) in [6, 6.07) is 11.4. The van der Waals surface area contributed by atoms with Gasteiger partial charge in [-0.25, -0.2) is 0 Å². The third kappa shape index (κ3) is 3.54. The summed E-state index contributed by atoms with van der Waals surface area (Å²) in [7, 11) is 0. The molecule has 1 N–H and O–H groups in total. The molecule has 26 heavy (non-hydrogen) atoms. The summed E-state index contributed by atoms with van der Waals surface area (Å²) in [5, 5.41) is 3.03. The maximum absolute atomic E-state index is 12.3.